The molecule has 1 aliphatic heterocycles. The van der Waals surface area contributed by atoms with Gasteiger partial charge in [-0.1, -0.05) is 6.07 Å². The first-order chi connectivity index (χ1) is 10.1. The summed E-state index contributed by atoms with van der Waals surface area (Å²) in [6.07, 6.45) is 4.99. The predicted octanol–water partition coefficient (Wildman–Crippen LogP) is 2.28. The van der Waals surface area contributed by atoms with Gasteiger partial charge >= 0.3 is 0 Å². The molecule has 6 nitrogen and oxygen atoms in total. The van der Waals surface area contributed by atoms with Crippen molar-refractivity contribution in [1.82, 2.24) is 25.2 Å². The molecule has 0 aliphatic carbocycles. The summed E-state index contributed by atoms with van der Waals surface area (Å²) in [5.41, 5.74) is 0.308. The average Bonchev–Trinajstić information content (AvgIpc) is 2.92. The maximum absolute atomic E-state index is 12.5. The van der Waals surface area contributed by atoms with Crippen LogP contribution in [0.2, 0.25) is 0 Å². The number of nitrogens with one attached hydrogen (secondary N) is 2. The van der Waals surface area contributed by atoms with E-state index in [-0.39, 0.29) is 36.8 Å². The van der Waals surface area contributed by atoms with Gasteiger partial charge in [0.15, 0.2) is 11.5 Å². The van der Waals surface area contributed by atoms with Gasteiger partial charge < -0.3 is 10.6 Å². The second-order valence-electron chi connectivity index (χ2n) is 5.90. The molecule has 3 rings (SSSR count). The topological polar surface area (TPSA) is 71.3 Å². The Morgan fingerprint density at radius 1 is 1.35 bits per heavy atom. The van der Waals surface area contributed by atoms with Crippen LogP contribution < -0.4 is 10.6 Å². The maximum Gasteiger partial charge on any atom is 0.240 e. The molecule has 1 aliphatic rings. The smallest absolute Gasteiger partial charge is 0.240 e. The first kappa shape index (κ1) is 19.7. The lowest BCUT2D eigenvalue weighted by Crippen LogP contribution is -2.57. The molecule has 23 heavy (non-hydrogen) atoms. The highest BCUT2D eigenvalue weighted by atomic mass is 35.5. The number of pyridine rings is 1. The zero-order chi connectivity index (χ0) is 14.9. The molecule has 2 aromatic heterocycles. The van der Waals surface area contributed by atoms with Crippen LogP contribution >= 0.6 is 24.8 Å². The van der Waals surface area contributed by atoms with E-state index in [1.165, 1.54) is 0 Å². The van der Waals surface area contributed by atoms with Gasteiger partial charge in [0.05, 0.1) is 11.6 Å². The zero-order valence-electron chi connectivity index (χ0n) is 13.3. The van der Waals surface area contributed by atoms with Gasteiger partial charge in [-0.2, -0.15) is 0 Å². The van der Waals surface area contributed by atoms with Crippen molar-refractivity contribution < 1.29 is 4.79 Å². The Labute approximate surface area is 148 Å². The molecule has 3 heterocycles. The minimum absolute atomic E-state index is 0. The number of hydrogen-bond acceptors (Lipinski definition) is 4. The molecule has 1 amide bonds. The summed E-state index contributed by atoms with van der Waals surface area (Å²) in [5.74, 6) is 0.778. The Kier molecular flexibility index (Phi) is 6.80. The number of rotatable bonds is 3. The van der Waals surface area contributed by atoms with Crippen LogP contribution in [0.5, 0.6) is 0 Å². The van der Waals surface area contributed by atoms with Crippen LogP contribution in [0.3, 0.4) is 0 Å². The number of piperidine rings is 1. The highest BCUT2D eigenvalue weighted by molar-refractivity contribution is 5.86. The molecule has 128 valence electrons. The lowest BCUT2D eigenvalue weighted by molar-refractivity contribution is -0.128. The minimum Gasteiger partial charge on any atom is -0.345 e. The van der Waals surface area contributed by atoms with Crippen molar-refractivity contribution in [2.45, 2.75) is 44.7 Å². The van der Waals surface area contributed by atoms with Crippen LogP contribution in [0, 0.1) is 0 Å². The second kappa shape index (κ2) is 7.95. The van der Waals surface area contributed by atoms with Crippen LogP contribution in [-0.4, -0.2) is 32.6 Å². The van der Waals surface area contributed by atoms with Gasteiger partial charge in [0.1, 0.15) is 0 Å². The summed E-state index contributed by atoms with van der Waals surface area (Å²) in [5, 5.41) is 14.7. The van der Waals surface area contributed by atoms with Gasteiger partial charge in [0.2, 0.25) is 5.91 Å². The van der Waals surface area contributed by atoms with Crippen molar-refractivity contribution in [2.24, 2.45) is 0 Å². The number of amides is 1. The van der Waals surface area contributed by atoms with E-state index in [0.29, 0.717) is 0 Å². The van der Waals surface area contributed by atoms with Crippen molar-refractivity contribution in [3.63, 3.8) is 0 Å². The third-order valence-electron chi connectivity index (χ3n) is 4.19. The van der Waals surface area contributed by atoms with Gasteiger partial charge in [-0.3, -0.25) is 9.20 Å². The molecule has 2 atom stereocenters. The maximum atomic E-state index is 12.5. The predicted molar refractivity (Wildman–Crippen MR) is 94.3 cm³/mol. The summed E-state index contributed by atoms with van der Waals surface area (Å²) in [6.45, 7) is 4.80. The number of fused-ring (bicyclic) bond motifs is 1. The second-order valence-corrected chi connectivity index (χ2v) is 5.90. The SMILES string of the molecule is CC(NC(=O)C1(C)CCCCN1)c1nnc2ccccn12.Cl.Cl. The number of carbonyl (C=O) groups is 1. The number of aromatic nitrogens is 3. The molecule has 0 bridgehead atoms. The standard InChI is InChI=1S/C15H21N5O.2ClH/c1-11(13-19-18-12-7-3-6-10-20(12)13)17-14(21)15(2)8-4-5-9-16-15;;/h3,6-7,10-11,16H,4-5,8-9H2,1-2H3,(H,17,21);2*1H. The lowest BCUT2D eigenvalue weighted by atomic mass is 9.90. The third kappa shape index (κ3) is 3.94. The van der Waals surface area contributed by atoms with Crippen molar-refractivity contribution in [3.8, 4) is 0 Å². The third-order valence-corrected chi connectivity index (χ3v) is 4.19. The van der Waals surface area contributed by atoms with Gasteiger partial charge in [0.25, 0.3) is 0 Å². The molecule has 0 radical (unpaired) electrons. The fourth-order valence-corrected chi connectivity index (χ4v) is 2.83. The lowest BCUT2D eigenvalue weighted by Gasteiger charge is -2.34. The summed E-state index contributed by atoms with van der Waals surface area (Å²) < 4.78 is 1.90. The summed E-state index contributed by atoms with van der Waals surface area (Å²) in [4.78, 5) is 12.5. The van der Waals surface area contributed by atoms with Crippen LogP contribution in [-0.2, 0) is 4.79 Å². The molecular weight excluding hydrogens is 337 g/mol. The molecule has 0 saturated carbocycles. The van der Waals surface area contributed by atoms with Crippen LogP contribution in [0.15, 0.2) is 24.4 Å². The molecule has 2 unspecified atom stereocenters. The van der Waals surface area contributed by atoms with Gasteiger partial charge in [-0.25, -0.2) is 0 Å². The number of nitrogens with zero attached hydrogens (tertiary/aromatic N) is 3. The van der Waals surface area contributed by atoms with Crippen molar-refractivity contribution in [2.75, 3.05) is 6.54 Å². The quantitative estimate of drug-likeness (QED) is 0.881. The Hall–Kier alpha value is -1.37. The molecule has 1 fully saturated rings. The normalized spacial score (nSPS) is 21.8. The Morgan fingerprint density at radius 2 is 2.13 bits per heavy atom. The highest BCUT2D eigenvalue weighted by Crippen LogP contribution is 2.20. The van der Waals surface area contributed by atoms with Crippen LogP contribution in [0.1, 0.15) is 45.0 Å². The first-order valence-electron chi connectivity index (χ1n) is 7.46. The van der Waals surface area contributed by atoms with Crippen molar-refractivity contribution in [1.29, 1.82) is 0 Å². The minimum atomic E-state index is -0.479. The number of halogens is 2. The summed E-state index contributed by atoms with van der Waals surface area (Å²) in [6, 6.07) is 5.56. The zero-order valence-corrected chi connectivity index (χ0v) is 14.9. The van der Waals surface area contributed by atoms with E-state index in [1.807, 2.05) is 42.6 Å². The van der Waals surface area contributed by atoms with E-state index in [1.54, 1.807) is 0 Å². The molecule has 1 saturated heterocycles. The van der Waals surface area contributed by atoms with Crippen LogP contribution in [0.4, 0.5) is 0 Å². The largest absolute Gasteiger partial charge is 0.345 e. The number of carbonyl (C=O) groups excluding carboxylic acids is 1. The molecule has 2 aromatic rings. The van der Waals surface area contributed by atoms with Crippen molar-refractivity contribution >= 4 is 36.4 Å². The molecule has 2 N–H and O–H groups in total. The van der Waals surface area contributed by atoms with Crippen molar-refractivity contribution in [3.05, 3.63) is 30.2 Å². The van der Waals surface area contributed by atoms with E-state index in [2.05, 4.69) is 20.8 Å². The van der Waals surface area contributed by atoms with E-state index in [9.17, 15) is 4.79 Å². The monoisotopic (exact) mass is 359 g/mol. The average molecular weight is 360 g/mol. The first-order valence-corrected chi connectivity index (χ1v) is 7.46. The number of hydrogen-bond donors (Lipinski definition) is 2. The van der Waals surface area contributed by atoms with E-state index in [0.717, 1.165) is 37.3 Å². The fraction of sp³-hybridized carbons (Fsp3) is 0.533. The highest BCUT2D eigenvalue weighted by Gasteiger charge is 2.35. The Morgan fingerprint density at radius 3 is 2.83 bits per heavy atom. The Bertz CT molecular complexity index is 654. The molecule has 8 heteroatoms. The molecule has 0 aromatic carbocycles. The fourth-order valence-electron chi connectivity index (χ4n) is 2.83. The van der Waals surface area contributed by atoms with E-state index in [4.69, 9.17) is 0 Å². The van der Waals surface area contributed by atoms with Gasteiger partial charge in [0, 0.05) is 6.20 Å². The van der Waals surface area contributed by atoms with E-state index >= 15 is 0 Å². The van der Waals surface area contributed by atoms with Gasteiger partial charge in [-0.05, 0) is 51.8 Å². The molecule has 0 spiro atoms. The van der Waals surface area contributed by atoms with E-state index < -0.39 is 5.54 Å². The summed E-state index contributed by atoms with van der Waals surface area (Å²) in [7, 11) is 0. The van der Waals surface area contributed by atoms with Gasteiger partial charge in [-0.15, -0.1) is 35.0 Å². The molecular formula is C15H23Cl2N5O. The Balaban J connectivity index is 0.00000132. The summed E-state index contributed by atoms with van der Waals surface area (Å²) >= 11 is 0. The van der Waals surface area contributed by atoms with Crippen LogP contribution in [0.25, 0.3) is 5.65 Å².